The van der Waals surface area contributed by atoms with Gasteiger partial charge in [-0.05, 0) is 130 Å². The van der Waals surface area contributed by atoms with E-state index in [4.69, 9.17) is 0 Å². The molecule has 2 saturated heterocycles. The first-order chi connectivity index (χ1) is 21.2. The van der Waals surface area contributed by atoms with Crippen molar-refractivity contribution in [2.45, 2.75) is 45.4 Å². The van der Waals surface area contributed by atoms with Crippen LogP contribution in [0.5, 0.6) is 0 Å². The zero-order valence-electron chi connectivity index (χ0n) is 25.3. The first-order valence-electron chi connectivity index (χ1n) is 16.3. The average molecular weight is 561 g/mol. The van der Waals surface area contributed by atoms with Crippen LogP contribution in [0, 0.1) is 6.92 Å². The molecule has 2 aliphatic heterocycles. The van der Waals surface area contributed by atoms with Gasteiger partial charge < -0.3 is 9.80 Å². The first-order valence-corrected chi connectivity index (χ1v) is 16.3. The summed E-state index contributed by atoms with van der Waals surface area (Å²) in [6.45, 7) is 6.80. The maximum atomic E-state index is 2.60. The van der Waals surface area contributed by atoms with Gasteiger partial charge >= 0.3 is 0 Å². The summed E-state index contributed by atoms with van der Waals surface area (Å²) < 4.78 is 0. The molecule has 214 valence electrons. The zero-order chi connectivity index (χ0) is 28.8. The minimum absolute atomic E-state index is 1.15. The van der Waals surface area contributed by atoms with Crippen molar-refractivity contribution in [3.63, 3.8) is 0 Å². The number of benzene rings is 6. The minimum Gasteiger partial charge on any atom is -0.372 e. The summed E-state index contributed by atoms with van der Waals surface area (Å²) in [7, 11) is 0. The lowest BCUT2D eigenvalue weighted by Crippen LogP contribution is -2.29. The average Bonchev–Trinajstić information content (AvgIpc) is 3.07. The van der Waals surface area contributed by atoms with Gasteiger partial charge in [-0.25, -0.2) is 0 Å². The van der Waals surface area contributed by atoms with Crippen LogP contribution in [0.1, 0.15) is 44.1 Å². The van der Waals surface area contributed by atoms with Gasteiger partial charge in [0.25, 0.3) is 0 Å². The Balaban J connectivity index is 1.47. The molecule has 0 unspecified atom stereocenters. The van der Waals surface area contributed by atoms with Gasteiger partial charge in [0.2, 0.25) is 0 Å². The van der Waals surface area contributed by atoms with Gasteiger partial charge in [-0.3, -0.25) is 0 Å². The first kappa shape index (κ1) is 26.3. The minimum atomic E-state index is 1.15. The molecule has 2 fully saturated rings. The molecule has 2 nitrogen and oxygen atoms in total. The number of nitrogens with zero attached hydrogens (tertiary/aromatic N) is 2. The fraction of sp³-hybridized carbons (Fsp3) is 0.268. The molecule has 0 bridgehead atoms. The van der Waals surface area contributed by atoms with Crippen LogP contribution in [-0.2, 0) is 0 Å². The molecule has 0 aromatic heterocycles. The van der Waals surface area contributed by atoms with Gasteiger partial charge in [0.15, 0.2) is 0 Å². The van der Waals surface area contributed by atoms with Crippen LogP contribution in [-0.4, -0.2) is 26.2 Å². The van der Waals surface area contributed by atoms with Crippen molar-refractivity contribution in [1.29, 1.82) is 0 Å². The fourth-order valence-electron chi connectivity index (χ4n) is 7.67. The number of aryl methyl sites for hydroxylation is 1. The Morgan fingerprint density at radius 1 is 0.419 bits per heavy atom. The van der Waals surface area contributed by atoms with Crippen molar-refractivity contribution >= 4 is 43.7 Å². The van der Waals surface area contributed by atoms with E-state index < -0.39 is 0 Å². The van der Waals surface area contributed by atoms with E-state index in [1.165, 1.54) is 110 Å². The van der Waals surface area contributed by atoms with Crippen LogP contribution >= 0.6 is 0 Å². The number of anilines is 2. The quantitative estimate of drug-likeness (QED) is 0.198. The van der Waals surface area contributed by atoms with E-state index >= 15 is 0 Å². The second-order valence-corrected chi connectivity index (χ2v) is 12.7. The van der Waals surface area contributed by atoms with Crippen LogP contribution in [0.2, 0.25) is 0 Å². The van der Waals surface area contributed by atoms with Crippen molar-refractivity contribution in [1.82, 2.24) is 0 Å². The molecule has 0 aliphatic carbocycles. The predicted molar refractivity (Wildman–Crippen MR) is 187 cm³/mol. The molecule has 2 heteroatoms. The molecule has 0 N–H and O–H groups in total. The molecule has 0 radical (unpaired) electrons. The Kier molecular flexibility index (Phi) is 6.79. The van der Waals surface area contributed by atoms with E-state index in [-0.39, 0.29) is 0 Å². The van der Waals surface area contributed by atoms with E-state index in [2.05, 4.69) is 120 Å². The fourth-order valence-corrected chi connectivity index (χ4v) is 7.67. The molecule has 2 heterocycles. The molecule has 6 aromatic carbocycles. The summed E-state index contributed by atoms with van der Waals surface area (Å²) >= 11 is 0. The molecule has 43 heavy (non-hydrogen) atoms. The summed E-state index contributed by atoms with van der Waals surface area (Å²) in [4.78, 5) is 5.20. The van der Waals surface area contributed by atoms with Crippen molar-refractivity contribution < 1.29 is 0 Å². The normalized spacial score (nSPS) is 15.9. The lowest BCUT2D eigenvalue weighted by molar-refractivity contribution is 0.578. The SMILES string of the molecule is Cc1cccc(-c2c3ccc(N4CCCCC4)cc3c(-c3ccc4ccccc4c3)c3ccc(N4CCCCC4)cc23)c1. The Morgan fingerprint density at radius 3 is 1.56 bits per heavy atom. The number of hydrogen-bond donors (Lipinski definition) is 0. The third-order valence-corrected chi connectivity index (χ3v) is 9.87. The third-order valence-electron chi connectivity index (χ3n) is 9.87. The Bertz CT molecular complexity index is 1960. The number of fused-ring (bicyclic) bond motifs is 3. The predicted octanol–water partition coefficient (Wildman–Crippen LogP) is 10.8. The van der Waals surface area contributed by atoms with Gasteiger partial charge in [-0.15, -0.1) is 0 Å². The third kappa shape index (κ3) is 4.83. The molecule has 6 aromatic rings. The molecule has 0 atom stereocenters. The molecule has 0 saturated carbocycles. The van der Waals surface area contributed by atoms with Crippen LogP contribution in [0.15, 0.2) is 103 Å². The van der Waals surface area contributed by atoms with E-state index in [0.29, 0.717) is 0 Å². The highest BCUT2D eigenvalue weighted by atomic mass is 15.1. The van der Waals surface area contributed by atoms with Crippen molar-refractivity contribution in [3.8, 4) is 22.3 Å². The number of piperidine rings is 2. The van der Waals surface area contributed by atoms with E-state index in [0.717, 1.165) is 26.2 Å². The van der Waals surface area contributed by atoms with Gasteiger partial charge in [0.1, 0.15) is 0 Å². The van der Waals surface area contributed by atoms with Crippen LogP contribution in [0.25, 0.3) is 54.6 Å². The van der Waals surface area contributed by atoms with Crippen molar-refractivity contribution in [2.75, 3.05) is 36.0 Å². The van der Waals surface area contributed by atoms with Crippen molar-refractivity contribution in [3.05, 3.63) is 109 Å². The van der Waals surface area contributed by atoms with E-state index in [1.807, 2.05) is 0 Å². The Morgan fingerprint density at radius 2 is 0.977 bits per heavy atom. The Hall–Kier alpha value is -4.30. The van der Waals surface area contributed by atoms with Gasteiger partial charge in [-0.1, -0.05) is 78.4 Å². The molecule has 0 amide bonds. The lowest BCUT2D eigenvalue weighted by atomic mass is 9.84. The number of rotatable bonds is 4. The largest absolute Gasteiger partial charge is 0.372 e. The monoisotopic (exact) mass is 560 g/mol. The molecule has 0 spiro atoms. The second kappa shape index (κ2) is 11.1. The van der Waals surface area contributed by atoms with Crippen molar-refractivity contribution in [2.24, 2.45) is 0 Å². The summed E-state index contributed by atoms with van der Waals surface area (Å²) in [5, 5.41) is 7.98. The number of hydrogen-bond acceptors (Lipinski definition) is 2. The maximum absolute atomic E-state index is 2.60. The van der Waals surface area contributed by atoms with Gasteiger partial charge in [0.05, 0.1) is 0 Å². The summed E-state index contributed by atoms with van der Waals surface area (Å²) in [6.07, 6.45) is 7.80. The summed E-state index contributed by atoms with van der Waals surface area (Å²) in [6, 6.07) is 39.5. The van der Waals surface area contributed by atoms with Gasteiger partial charge in [0, 0.05) is 37.6 Å². The summed E-state index contributed by atoms with van der Waals surface area (Å²) in [5.41, 5.74) is 9.34. The topological polar surface area (TPSA) is 6.48 Å². The van der Waals surface area contributed by atoms with Gasteiger partial charge in [-0.2, -0.15) is 0 Å². The smallest absolute Gasteiger partial charge is 0.0372 e. The van der Waals surface area contributed by atoms with Crippen LogP contribution < -0.4 is 9.80 Å². The molecular weight excluding hydrogens is 520 g/mol. The molecular formula is C41H40N2. The zero-order valence-corrected chi connectivity index (χ0v) is 25.3. The Labute approximate surface area is 255 Å². The van der Waals surface area contributed by atoms with E-state index in [9.17, 15) is 0 Å². The van der Waals surface area contributed by atoms with Crippen LogP contribution in [0.4, 0.5) is 11.4 Å². The summed E-state index contributed by atoms with van der Waals surface area (Å²) in [5.74, 6) is 0. The van der Waals surface area contributed by atoms with Crippen LogP contribution in [0.3, 0.4) is 0 Å². The highest BCUT2D eigenvalue weighted by Gasteiger charge is 2.21. The van der Waals surface area contributed by atoms with E-state index in [1.54, 1.807) is 0 Å². The second-order valence-electron chi connectivity index (χ2n) is 12.7. The molecule has 2 aliphatic rings. The highest BCUT2D eigenvalue weighted by molar-refractivity contribution is 6.22. The molecule has 8 rings (SSSR count). The maximum Gasteiger partial charge on any atom is 0.0372 e. The standard InChI is InChI=1S/C41H40N2/c1-29-11-10-14-32(25-29)40-36-19-17-35(43-23-8-3-9-24-43)28-39(36)41(33-16-15-30-12-4-5-13-31(30)26-33)37-20-18-34(27-38(37)40)42-21-6-2-7-22-42/h4-5,10-20,25-28H,2-3,6-9,21-24H2,1H3. The lowest BCUT2D eigenvalue weighted by Gasteiger charge is -2.30. The highest BCUT2D eigenvalue weighted by Crippen LogP contribution is 2.46.